The van der Waals surface area contributed by atoms with Gasteiger partial charge in [0.25, 0.3) is 5.91 Å². The zero-order chi connectivity index (χ0) is 16.2. The van der Waals surface area contributed by atoms with Crippen molar-refractivity contribution in [3.63, 3.8) is 0 Å². The highest BCUT2D eigenvalue weighted by Gasteiger charge is 2.16. The van der Waals surface area contributed by atoms with Crippen LogP contribution in [-0.2, 0) is 6.54 Å². The first kappa shape index (κ1) is 15.3. The van der Waals surface area contributed by atoms with Gasteiger partial charge < -0.3 is 9.73 Å². The predicted molar refractivity (Wildman–Crippen MR) is 86.1 cm³/mol. The molecule has 1 N–H and O–H groups in total. The summed E-state index contributed by atoms with van der Waals surface area (Å²) < 4.78 is 7.27. The van der Waals surface area contributed by atoms with E-state index in [0.717, 1.165) is 5.56 Å². The van der Waals surface area contributed by atoms with E-state index >= 15 is 0 Å². The Morgan fingerprint density at radius 1 is 1.35 bits per heavy atom. The number of aromatic nitrogens is 3. The summed E-state index contributed by atoms with van der Waals surface area (Å²) in [7, 11) is 0. The number of carbonyl (C=O) groups excluding carboxylic acids is 1. The molecule has 1 amide bonds. The van der Waals surface area contributed by atoms with Crippen molar-refractivity contribution in [2.75, 3.05) is 0 Å². The second-order valence-electron chi connectivity index (χ2n) is 5.14. The Labute approximate surface area is 138 Å². The molecule has 3 aromatic rings. The average molecular weight is 331 g/mol. The fourth-order valence-corrected chi connectivity index (χ4v) is 2.44. The summed E-state index contributed by atoms with van der Waals surface area (Å²) in [6.07, 6.45) is 3.06. The largest absolute Gasteiger partial charge is 0.451 e. The predicted octanol–water partition coefficient (Wildman–Crippen LogP) is 3.01. The summed E-state index contributed by atoms with van der Waals surface area (Å²) in [5.41, 5.74) is 0.754. The van der Waals surface area contributed by atoms with E-state index in [-0.39, 0.29) is 17.7 Å². The van der Waals surface area contributed by atoms with Crippen LogP contribution in [0, 0.1) is 0 Å². The van der Waals surface area contributed by atoms with Gasteiger partial charge in [-0.2, -0.15) is 5.10 Å². The molecular formula is C16H15ClN4O2. The van der Waals surface area contributed by atoms with Crippen LogP contribution >= 0.6 is 11.6 Å². The van der Waals surface area contributed by atoms with Gasteiger partial charge in [0, 0.05) is 11.6 Å². The molecule has 0 saturated heterocycles. The van der Waals surface area contributed by atoms with E-state index in [2.05, 4.69) is 15.4 Å². The lowest BCUT2D eigenvalue weighted by Gasteiger charge is -2.12. The Morgan fingerprint density at radius 2 is 2.17 bits per heavy atom. The Morgan fingerprint density at radius 3 is 2.91 bits per heavy atom. The molecule has 118 valence electrons. The molecule has 0 aliphatic carbocycles. The van der Waals surface area contributed by atoms with Crippen LogP contribution in [0.4, 0.5) is 0 Å². The van der Waals surface area contributed by atoms with E-state index < -0.39 is 0 Å². The number of benzene rings is 1. The number of halogens is 1. The smallest absolute Gasteiger partial charge is 0.287 e. The van der Waals surface area contributed by atoms with Gasteiger partial charge in [-0.1, -0.05) is 23.7 Å². The van der Waals surface area contributed by atoms with Gasteiger partial charge in [0.1, 0.15) is 18.4 Å². The highest BCUT2D eigenvalue weighted by Crippen LogP contribution is 2.28. The third kappa shape index (κ3) is 3.60. The Kier molecular flexibility index (Phi) is 4.43. The van der Waals surface area contributed by atoms with Crippen LogP contribution in [0.5, 0.6) is 0 Å². The Balaban J connectivity index is 1.68. The zero-order valence-corrected chi connectivity index (χ0v) is 13.2. The van der Waals surface area contributed by atoms with Crippen molar-refractivity contribution in [3.8, 4) is 11.3 Å². The van der Waals surface area contributed by atoms with Gasteiger partial charge in [-0.25, -0.2) is 4.98 Å². The van der Waals surface area contributed by atoms with E-state index in [9.17, 15) is 4.79 Å². The Bertz CT molecular complexity index is 798. The van der Waals surface area contributed by atoms with Gasteiger partial charge in [0.05, 0.1) is 11.6 Å². The van der Waals surface area contributed by atoms with Crippen molar-refractivity contribution in [3.05, 3.63) is 59.8 Å². The third-order valence-corrected chi connectivity index (χ3v) is 3.60. The molecule has 3 rings (SSSR count). The van der Waals surface area contributed by atoms with Crippen LogP contribution in [0.3, 0.4) is 0 Å². The summed E-state index contributed by atoms with van der Waals surface area (Å²) in [6, 6.07) is 10.6. The summed E-state index contributed by atoms with van der Waals surface area (Å²) in [5.74, 6) is 0.519. The lowest BCUT2D eigenvalue weighted by Crippen LogP contribution is -2.35. The Hall–Kier alpha value is -2.60. The maximum Gasteiger partial charge on any atom is 0.287 e. The molecule has 7 heteroatoms. The molecule has 0 unspecified atom stereocenters. The molecule has 0 radical (unpaired) electrons. The van der Waals surface area contributed by atoms with Crippen molar-refractivity contribution in [1.29, 1.82) is 0 Å². The van der Waals surface area contributed by atoms with Gasteiger partial charge in [0.15, 0.2) is 5.76 Å². The van der Waals surface area contributed by atoms with Crippen molar-refractivity contribution < 1.29 is 9.21 Å². The van der Waals surface area contributed by atoms with Crippen LogP contribution < -0.4 is 5.32 Å². The molecule has 2 aromatic heterocycles. The molecule has 0 aliphatic rings. The lowest BCUT2D eigenvalue weighted by atomic mass is 10.2. The standard InChI is InChI=1S/C16H15ClN4O2/c1-11(8-21-10-18-9-19-21)20-16(22)15-7-6-14(23-15)12-4-2-3-5-13(12)17/h2-7,9-11H,8H2,1H3,(H,20,22)/t11-/m1/s1. The first-order chi connectivity index (χ1) is 11.1. The zero-order valence-electron chi connectivity index (χ0n) is 12.4. The van der Waals surface area contributed by atoms with Gasteiger partial charge in [-0.05, 0) is 31.2 Å². The molecule has 23 heavy (non-hydrogen) atoms. The molecule has 1 atom stereocenters. The fraction of sp³-hybridized carbons (Fsp3) is 0.188. The number of furan rings is 1. The van der Waals surface area contributed by atoms with Gasteiger partial charge in [0.2, 0.25) is 0 Å². The molecule has 6 nitrogen and oxygen atoms in total. The van der Waals surface area contributed by atoms with Crippen LogP contribution in [0.2, 0.25) is 5.02 Å². The summed E-state index contributed by atoms with van der Waals surface area (Å²) in [5, 5.41) is 7.44. The van der Waals surface area contributed by atoms with Crippen LogP contribution in [0.1, 0.15) is 17.5 Å². The number of rotatable bonds is 5. The summed E-state index contributed by atoms with van der Waals surface area (Å²) in [6.45, 7) is 2.42. The minimum Gasteiger partial charge on any atom is -0.451 e. The van der Waals surface area contributed by atoms with E-state index in [1.807, 2.05) is 25.1 Å². The van der Waals surface area contributed by atoms with Crippen molar-refractivity contribution in [2.24, 2.45) is 0 Å². The fourth-order valence-electron chi connectivity index (χ4n) is 2.21. The second-order valence-corrected chi connectivity index (χ2v) is 5.54. The number of nitrogens with zero attached hydrogens (tertiary/aromatic N) is 3. The van der Waals surface area contributed by atoms with E-state index in [1.165, 1.54) is 6.33 Å². The topological polar surface area (TPSA) is 73.0 Å². The quantitative estimate of drug-likeness (QED) is 0.780. The lowest BCUT2D eigenvalue weighted by molar-refractivity contribution is 0.0909. The van der Waals surface area contributed by atoms with Crippen LogP contribution in [-0.4, -0.2) is 26.7 Å². The maximum absolute atomic E-state index is 12.2. The SMILES string of the molecule is C[C@H](Cn1cncn1)NC(=O)c1ccc(-c2ccccc2Cl)o1. The van der Waals surface area contributed by atoms with Crippen molar-refractivity contribution in [1.82, 2.24) is 20.1 Å². The third-order valence-electron chi connectivity index (χ3n) is 3.27. The molecule has 2 heterocycles. The minimum absolute atomic E-state index is 0.113. The van der Waals surface area contributed by atoms with E-state index in [4.69, 9.17) is 16.0 Å². The summed E-state index contributed by atoms with van der Waals surface area (Å²) >= 11 is 6.14. The number of nitrogens with one attached hydrogen (secondary N) is 1. The molecule has 0 aliphatic heterocycles. The average Bonchev–Trinajstić information content (AvgIpc) is 3.19. The molecule has 0 fully saturated rings. The van der Waals surface area contributed by atoms with Crippen molar-refractivity contribution in [2.45, 2.75) is 19.5 Å². The highest BCUT2D eigenvalue weighted by molar-refractivity contribution is 6.33. The first-order valence-electron chi connectivity index (χ1n) is 7.11. The van der Waals surface area contributed by atoms with E-state index in [1.54, 1.807) is 29.2 Å². The highest BCUT2D eigenvalue weighted by atomic mass is 35.5. The molecular weight excluding hydrogens is 316 g/mol. The van der Waals surface area contributed by atoms with Crippen LogP contribution in [0.25, 0.3) is 11.3 Å². The number of hydrogen-bond donors (Lipinski definition) is 1. The molecule has 0 spiro atoms. The van der Waals surface area contributed by atoms with Gasteiger partial charge in [-0.3, -0.25) is 9.48 Å². The second kappa shape index (κ2) is 6.66. The molecule has 0 saturated carbocycles. The van der Waals surface area contributed by atoms with Crippen molar-refractivity contribution >= 4 is 17.5 Å². The van der Waals surface area contributed by atoms with Gasteiger partial charge in [-0.15, -0.1) is 0 Å². The van der Waals surface area contributed by atoms with E-state index in [0.29, 0.717) is 17.3 Å². The summed E-state index contributed by atoms with van der Waals surface area (Å²) in [4.78, 5) is 16.1. The first-order valence-corrected chi connectivity index (χ1v) is 7.49. The molecule has 1 aromatic carbocycles. The van der Waals surface area contributed by atoms with Crippen LogP contribution in [0.15, 0.2) is 53.5 Å². The monoisotopic (exact) mass is 330 g/mol. The number of hydrogen-bond acceptors (Lipinski definition) is 4. The normalized spacial score (nSPS) is 12.1. The number of carbonyl (C=O) groups is 1. The maximum atomic E-state index is 12.2. The molecule has 0 bridgehead atoms. The minimum atomic E-state index is -0.282. The number of amides is 1. The van der Waals surface area contributed by atoms with Gasteiger partial charge >= 0.3 is 0 Å².